The molecule has 0 atom stereocenters. The topological polar surface area (TPSA) is 89.8 Å². The summed E-state index contributed by atoms with van der Waals surface area (Å²) in [7, 11) is 1.55. The zero-order valence-electron chi connectivity index (χ0n) is 16.0. The highest BCUT2D eigenvalue weighted by Crippen LogP contribution is 2.18. The van der Waals surface area contributed by atoms with Crippen molar-refractivity contribution in [1.82, 2.24) is 19.3 Å². The van der Waals surface area contributed by atoms with E-state index in [0.29, 0.717) is 28.1 Å². The van der Waals surface area contributed by atoms with Crippen molar-refractivity contribution < 1.29 is 4.79 Å². The maximum absolute atomic E-state index is 13.2. The molecule has 0 amide bonds. The molecule has 1 N–H and O–H groups in total. The van der Waals surface area contributed by atoms with Crippen molar-refractivity contribution in [2.75, 3.05) is 0 Å². The van der Waals surface area contributed by atoms with Gasteiger partial charge in [0.25, 0.3) is 11.1 Å². The lowest BCUT2D eigenvalue weighted by atomic mass is 10.0. The second-order valence-electron chi connectivity index (χ2n) is 6.81. The summed E-state index contributed by atoms with van der Waals surface area (Å²) in [6.45, 7) is 3.43. The smallest absolute Gasteiger partial charge is 0.277 e. The molecule has 8 heteroatoms. The molecule has 0 aliphatic carbocycles. The second kappa shape index (κ2) is 6.97. The Morgan fingerprint density at radius 3 is 2.34 bits per heavy atom. The molecule has 0 aliphatic heterocycles. The van der Waals surface area contributed by atoms with Crippen LogP contribution in [-0.4, -0.2) is 25.1 Å². The highest BCUT2D eigenvalue weighted by molar-refractivity contribution is 9.10. The lowest BCUT2D eigenvalue weighted by Crippen LogP contribution is -2.23. The third-order valence-electron chi connectivity index (χ3n) is 4.84. The number of H-pyrrole nitrogens is 1. The normalized spacial score (nSPS) is 11.2. The van der Waals surface area contributed by atoms with Crippen LogP contribution in [0, 0.1) is 13.8 Å². The first-order valence-electron chi connectivity index (χ1n) is 8.87. The number of nitrogens with zero attached hydrogens (tertiary/aromatic N) is 3. The van der Waals surface area contributed by atoms with Gasteiger partial charge < -0.3 is 0 Å². The number of rotatable bonds is 3. The monoisotopic (exact) mass is 452 g/mol. The van der Waals surface area contributed by atoms with Crippen LogP contribution < -0.4 is 11.1 Å². The van der Waals surface area contributed by atoms with Crippen LogP contribution in [0.2, 0.25) is 0 Å². The van der Waals surface area contributed by atoms with Gasteiger partial charge in [-0.05, 0) is 56.3 Å². The van der Waals surface area contributed by atoms with Crippen molar-refractivity contribution in [3.8, 4) is 5.69 Å². The Kier molecular flexibility index (Phi) is 4.58. The summed E-state index contributed by atoms with van der Waals surface area (Å²) in [4.78, 5) is 43.0. The van der Waals surface area contributed by atoms with Crippen LogP contribution in [0.1, 0.15) is 27.4 Å². The number of carbonyl (C=O) groups excluding carboxylic acids is 1. The fraction of sp³-hybridized carbons (Fsp3) is 0.143. The Balaban J connectivity index is 1.92. The molecule has 2 aromatic heterocycles. The molecule has 0 radical (unpaired) electrons. The van der Waals surface area contributed by atoms with Gasteiger partial charge in [-0.1, -0.05) is 15.9 Å². The Hall–Kier alpha value is -3.26. The molecule has 0 aliphatic rings. The van der Waals surface area contributed by atoms with Gasteiger partial charge in [-0.2, -0.15) is 0 Å². The Morgan fingerprint density at radius 1 is 1.03 bits per heavy atom. The van der Waals surface area contributed by atoms with Crippen LogP contribution in [0.5, 0.6) is 0 Å². The van der Waals surface area contributed by atoms with Crippen LogP contribution in [0.4, 0.5) is 0 Å². The zero-order valence-corrected chi connectivity index (χ0v) is 17.6. The maximum atomic E-state index is 13.2. The third-order valence-corrected chi connectivity index (χ3v) is 5.37. The summed E-state index contributed by atoms with van der Waals surface area (Å²) >= 11 is 3.39. The minimum atomic E-state index is -0.429. The maximum Gasteiger partial charge on any atom is 0.277 e. The molecule has 7 nitrogen and oxygen atoms in total. The lowest BCUT2D eigenvalue weighted by molar-refractivity contribution is 0.103. The summed E-state index contributed by atoms with van der Waals surface area (Å²) in [5.41, 5.74) is 1.32. The van der Waals surface area contributed by atoms with Gasteiger partial charge in [-0.15, -0.1) is 0 Å². The first kappa shape index (κ1) is 19.1. The number of hydrogen-bond acceptors (Lipinski definition) is 4. The number of carbonyl (C=O) groups is 1. The molecule has 2 heterocycles. The van der Waals surface area contributed by atoms with E-state index in [1.807, 2.05) is 24.3 Å². The van der Waals surface area contributed by atoms with Crippen molar-refractivity contribution in [1.29, 1.82) is 0 Å². The van der Waals surface area contributed by atoms with Gasteiger partial charge in [0.15, 0.2) is 5.78 Å². The van der Waals surface area contributed by atoms with Gasteiger partial charge in [0.1, 0.15) is 11.4 Å². The summed E-state index contributed by atoms with van der Waals surface area (Å²) < 4.78 is 3.66. The standard InChI is InChI=1S/C21H17BrN4O3/c1-11-18(21(29)25(3)24-11)19(27)13-4-9-17-16(10-13)20(28)26(12(2)23-17)15-7-5-14(22)6-8-15/h4-10,24H,1-3H3. The Labute approximate surface area is 173 Å². The first-order chi connectivity index (χ1) is 13.8. The molecule has 0 spiro atoms. The molecule has 2 aromatic carbocycles. The van der Waals surface area contributed by atoms with E-state index in [1.54, 1.807) is 33.0 Å². The SMILES string of the molecule is Cc1[nH]n(C)c(=O)c1C(=O)c1ccc2nc(C)n(-c3ccc(Br)cc3)c(=O)c2c1. The van der Waals surface area contributed by atoms with E-state index in [4.69, 9.17) is 0 Å². The second-order valence-corrected chi connectivity index (χ2v) is 7.73. The number of aromatic amines is 1. The number of ketones is 1. The fourth-order valence-corrected chi connectivity index (χ4v) is 3.69. The summed E-state index contributed by atoms with van der Waals surface area (Å²) in [6.07, 6.45) is 0. The molecule has 0 bridgehead atoms. The highest BCUT2D eigenvalue weighted by atomic mass is 79.9. The molecule has 29 heavy (non-hydrogen) atoms. The van der Waals surface area contributed by atoms with Crippen molar-refractivity contribution in [3.63, 3.8) is 0 Å². The van der Waals surface area contributed by atoms with Crippen LogP contribution in [0.25, 0.3) is 16.6 Å². The minimum Gasteiger partial charge on any atom is -0.299 e. The minimum absolute atomic E-state index is 0.0696. The van der Waals surface area contributed by atoms with Crippen molar-refractivity contribution >= 4 is 32.6 Å². The molecule has 4 rings (SSSR count). The predicted octanol–water partition coefficient (Wildman–Crippen LogP) is 3.02. The van der Waals surface area contributed by atoms with Crippen molar-refractivity contribution in [2.45, 2.75) is 13.8 Å². The van der Waals surface area contributed by atoms with Crippen molar-refractivity contribution in [2.24, 2.45) is 7.05 Å². The van der Waals surface area contributed by atoms with E-state index >= 15 is 0 Å². The van der Waals surface area contributed by atoms with Gasteiger partial charge in [-0.25, -0.2) is 4.98 Å². The van der Waals surface area contributed by atoms with E-state index in [1.165, 1.54) is 15.3 Å². The molecule has 0 saturated heterocycles. The number of halogens is 1. The van der Waals surface area contributed by atoms with Crippen LogP contribution in [0.3, 0.4) is 0 Å². The highest BCUT2D eigenvalue weighted by Gasteiger charge is 2.20. The number of aromatic nitrogens is 4. The van der Waals surface area contributed by atoms with Crippen molar-refractivity contribution in [3.05, 3.63) is 90.3 Å². The van der Waals surface area contributed by atoms with Crippen LogP contribution in [0.15, 0.2) is 56.5 Å². The Morgan fingerprint density at radius 2 is 1.72 bits per heavy atom. The predicted molar refractivity (Wildman–Crippen MR) is 114 cm³/mol. The van der Waals surface area contributed by atoms with Gasteiger partial charge in [0, 0.05) is 22.8 Å². The lowest BCUT2D eigenvalue weighted by Gasteiger charge is -2.11. The molecule has 0 unspecified atom stereocenters. The van der Waals surface area contributed by atoms with E-state index in [9.17, 15) is 14.4 Å². The van der Waals surface area contributed by atoms with Gasteiger partial charge in [-0.3, -0.25) is 28.7 Å². The third kappa shape index (κ3) is 3.15. The van der Waals surface area contributed by atoms with Crippen LogP contribution >= 0.6 is 15.9 Å². The molecule has 4 aromatic rings. The zero-order chi connectivity index (χ0) is 20.9. The number of nitrogens with one attached hydrogen (secondary N) is 1. The van der Waals surface area contributed by atoms with Gasteiger partial charge in [0.05, 0.1) is 16.6 Å². The van der Waals surface area contributed by atoms with E-state index in [2.05, 4.69) is 26.0 Å². The molecule has 146 valence electrons. The van der Waals surface area contributed by atoms with Gasteiger partial charge in [0.2, 0.25) is 0 Å². The van der Waals surface area contributed by atoms with Gasteiger partial charge >= 0.3 is 0 Å². The largest absolute Gasteiger partial charge is 0.299 e. The first-order valence-corrected chi connectivity index (χ1v) is 9.67. The summed E-state index contributed by atoms with van der Waals surface area (Å²) in [5.74, 6) is 0.112. The molecule has 0 fully saturated rings. The van der Waals surface area contributed by atoms with E-state index in [0.717, 1.165) is 4.47 Å². The fourth-order valence-electron chi connectivity index (χ4n) is 3.43. The van der Waals surface area contributed by atoms with E-state index in [-0.39, 0.29) is 16.7 Å². The average Bonchev–Trinajstić information content (AvgIpc) is 2.94. The van der Waals surface area contributed by atoms with E-state index < -0.39 is 11.3 Å². The summed E-state index contributed by atoms with van der Waals surface area (Å²) in [5, 5.41) is 3.13. The van der Waals surface area contributed by atoms with Crippen LogP contribution in [-0.2, 0) is 7.05 Å². The number of benzene rings is 2. The molecular weight excluding hydrogens is 436 g/mol. The number of aryl methyl sites for hydroxylation is 3. The molecular formula is C21H17BrN4O3. The number of fused-ring (bicyclic) bond motifs is 1. The Bertz CT molecular complexity index is 1390. The summed E-state index contributed by atoms with van der Waals surface area (Å²) in [6, 6.07) is 12.0. The average molecular weight is 453 g/mol. The quantitative estimate of drug-likeness (QED) is 0.483. The number of hydrogen-bond donors (Lipinski definition) is 1. The molecule has 0 saturated carbocycles.